The highest BCUT2D eigenvalue weighted by atomic mass is 32.2. The summed E-state index contributed by atoms with van der Waals surface area (Å²) in [5, 5.41) is 11.8. The number of carbonyl (C=O) groups is 1. The van der Waals surface area contributed by atoms with Gasteiger partial charge in [0.25, 0.3) is 10.0 Å². The van der Waals surface area contributed by atoms with Crippen molar-refractivity contribution in [2.75, 3.05) is 16.2 Å². The molecule has 9 heteroatoms. The van der Waals surface area contributed by atoms with E-state index in [1.165, 1.54) is 11.3 Å². The van der Waals surface area contributed by atoms with Crippen LogP contribution in [0.15, 0.2) is 77.7 Å². The molecule has 1 heterocycles. The van der Waals surface area contributed by atoms with Crippen molar-refractivity contribution in [2.45, 2.75) is 25.7 Å². The van der Waals surface area contributed by atoms with Gasteiger partial charge in [-0.2, -0.15) is 0 Å². The maximum atomic E-state index is 13.6. The quantitative estimate of drug-likeness (QED) is 0.393. The Morgan fingerprint density at radius 2 is 1.59 bits per heavy atom. The van der Waals surface area contributed by atoms with Crippen LogP contribution in [-0.2, 0) is 14.8 Å². The van der Waals surface area contributed by atoms with Gasteiger partial charge >= 0.3 is 0 Å². The first kappa shape index (κ1) is 23.6. The zero-order chi connectivity index (χ0) is 24.3. The van der Waals surface area contributed by atoms with E-state index in [-0.39, 0.29) is 4.90 Å². The van der Waals surface area contributed by atoms with Crippen LogP contribution in [-0.4, -0.2) is 31.1 Å². The minimum absolute atomic E-state index is 0.120. The fourth-order valence-corrected chi connectivity index (χ4v) is 5.63. The summed E-state index contributed by atoms with van der Waals surface area (Å²) in [5.74, 6) is -0.507. The number of hydrogen-bond donors (Lipinski definition) is 1. The number of sulfonamides is 1. The standard InChI is InChI=1S/C25H24N4O3S2/c1-17-10-13-21(14-11-17)34(31,32)29(22-15-18(2)9-12-19(22)3)16-23(30)26-25-28-27-24(33-25)20-7-5-4-6-8-20/h4-15H,16H2,1-3H3,(H,26,28,30). The van der Waals surface area contributed by atoms with E-state index in [2.05, 4.69) is 15.5 Å². The van der Waals surface area contributed by atoms with Gasteiger partial charge in [0.2, 0.25) is 11.0 Å². The second-order valence-electron chi connectivity index (χ2n) is 7.94. The number of benzene rings is 3. The molecule has 7 nitrogen and oxygen atoms in total. The molecule has 0 fully saturated rings. The molecular weight excluding hydrogens is 468 g/mol. The Kier molecular flexibility index (Phi) is 6.76. The Morgan fingerprint density at radius 3 is 2.29 bits per heavy atom. The van der Waals surface area contributed by atoms with Crippen LogP contribution in [0.25, 0.3) is 10.6 Å². The van der Waals surface area contributed by atoms with Crippen LogP contribution >= 0.6 is 11.3 Å². The number of anilines is 2. The van der Waals surface area contributed by atoms with Crippen molar-refractivity contribution in [1.29, 1.82) is 0 Å². The first-order valence-corrected chi connectivity index (χ1v) is 12.8. The predicted molar refractivity (Wildman–Crippen MR) is 136 cm³/mol. The van der Waals surface area contributed by atoms with Gasteiger partial charge < -0.3 is 0 Å². The Bertz CT molecular complexity index is 1420. The molecular formula is C25H24N4O3S2. The summed E-state index contributed by atoms with van der Waals surface area (Å²) >= 11 is 1.23. The third-order valence-electron chi connectivity index (χ3n) is 5.22. The molecule has 0 unspecified atom stereocenters. The molecule has 1 N–H and O–H groups in total. The Morgan fingerprint density at radius 1 is 0.912 bits per heavy atom. The molecule has 0 aliphatic rings. The van der Waals surface area contributed by atoms with Crippen molar-refractivity contribution in [3.05, 3.63) is 89.5 Å². The molecule has 34 heavy (non-hydrogen) atoms. The second-order valence-corrected chi connectivity index (χ2v) is 10.8. The molecule has 4 rings (SSSR count). The number of amides is 1. The number of rotatable bonds is 7. The third kappa shape index (κ3) is 5.16. The molecule has 0 aliphatic carbocycles. The van der Waals surface area contributed by atoms with E-state index in [1.807, 2.05) is 63.2 Å². The van der Waals surface area contributed by atoms with Gasteiger partial charge in [0.15, 0.2) is 0 Å². The van der Waals surface area contributed by atoms with Gasteiger partial charge in [0.05, 0.1) is 10.6 Å². The van der Waals surface area contributed by atoms with Crippen molar-refractivity contribution in [2.24, 2.45) is 0 Å². The van der Waals surface area contributed by atoms with E-state index in [4.69, 9.17) is 0 Å². The first-order valence-electron chi connectivity index (χ1n) is 10.6. The van der Waals surface area contributed by atoms with Crippen LogP contribution in [0.2, 0.25) is 0 Å². The molecule has 3 aromatic carbocycles. The predicted octanol–water partition coefficient (Wildman–Crippen LogP) is 4.96. The van der Waals surface area contributed by atoms with Crippen LogP contribution in [0.1, 0.15) is 16.7 Å². The van der Waals surface area contributed by atoms with E-state index >= 15 is 0 Å². The number of nitrogens with one attached hydrogen (secondary N) is 1. The van der Waals surface area contributed by atoms with E-state index in [0.717, 1.165) is 26.6 Å². The van der Waals surface area contributed by atoms with Gasteiger partial charge in [0.1, 0.15) is 11.6 Å². The Balaban J connectivity index is 1.63. The van der Waals surface area contributed by atoms with Gasteiger partial charge in [-0.25, -0.2) is 8.42 Å². The molecule has 0 saturated carbocycles. The largest absolute Gasteiger partial charge is 0.299 e. The van der Waals surface area contributed by atoms with Crippen LogP contribution in [0.3, 0.4) is 0 Å². The van der Waals surface area contributed by atoms with Crippen molar-refractivity contribution in [1.82, 2.24) is 10.2 Å². The van der Waals surface area contributed by atoms with Crippen LogP contribution in [0, 0.1) is 20.8 Å². The molecule has 1 amide bonds. The van der Waals surface area contributed by atoms with Gasteiger partial charge in [0, 0.05) is 5.56 Å². The number of hydrogen-bond acceptors (Lipinski definition) is 6. The molecule has 0 bridgehead atoms. The SMILES string of the molecule is Cc1ccc(S(=O)(=O)N(CC(=O)Nc2nnc(-c3ccccc3)s2)c2cc(C)ccc2C)cc1. The van der Waals surface area contributed by atoms with Crippen molar-refractivity contribution < 1.29 is 13.2 Å². The number of carbonyl (C=O) groups excluding carboxylic acids is 1. The van der Waals surface area contributed by atoms with Crippen LogP contribution < -0.4 is 9.62 Å². The monoisotopic (exact) mass is 492 g/mol. The van der Waals surface area contributed by atoms with Crippen molar-refractivity contribution >= 4 is 38.1 Å². The van der Waals surface area contributed by atoms with E-state index in [1.54, 1.807) is 30.3 Å². The summed E-state index contributed by atoms with van der Waals surface area (Å²) in [7, 11) is -4.00. The fourth-order valence-electron chi connectivity index (χ4n) is 3.39. The van der Waals surface area contributed by atoms with Gasteiger partial charge in [-0.15, -0.1) is 10.2 Å². The molecule has 4 aromatic rings. The molecule has 1 aromatic heterocycles. The fraction of sp³-hybridized carbons (Fsp3) is 0.160. The summed E-state index contributed by atoms with van der Waals surface area (Å²) in [6.07, 6.45) is 0. The summed E-state index contributed by atoms with van der Waals surface area (Å²) < 4.78 is 28.4. The molecule has 0 aliphatic heterocycles. The Labute approximate surface area is 203 Å². The highest BCUT2D eigenvalue weighted by Crippen LogP contribution is 2.29. The highest BCUT2D eigenvalue weighted by molar-refractivity contribution is 7.92. The highest BCUT2D eigenvalue weighted by Gasteiger charge is 2.28. The lowest BCUT2D eigenvalue weighted by Gasteiger charge is -2.26. The number of nitrogens with zero attached hydrogens (tertiary/aromatic N) is 3. The topological polar surface area (TPSA) is 92.3 Å². The molecule has 174 valence electrons. The average molecular weight is 493 g/mol. The van der Waals surface area contributed by atoms with E-state index in [0.29, 0.717) is 15.8 Å². The first-order chi connectivity index (χ1) is 16.2. The molecule has 0 spiro atoms. The molecule has 0 radical (unpaired) electrons. The lowest BCUT2D eigenvalue weighted by atomic mass is 10.1. The average Bonchev–Trinajstić information content (AvgIpc) is 3.28. The minimum Gasteiger partial charge on any atom is -0.299 e. The molecule has 0 saturated heterocycles. The van der Waals surface area contributed by atoms with Crippen LogP contribution in [0.5, 0.6) is 0 Å². The Hall–Kier alpha value is -3.56. The normalized spacial score (nSPS) is 11.3. The summed E-state index contributed by atoms with van der Waals surface area (Å²) in [5.41, 5.74) is 3.93. The van der Waals surface area contributed by atoms with Crippen LogP contribution in [0.4, 0.5) is 10.8 Å². The summed E-state index contributed by atoms with van der Waals surface area (Å²) in [6, 6.07) is 21.6. The zero-order valence-corrected chi connectivity index (χ0v) is 20.7. The van der Waals surface area contributed by atoms with Gasteiger partial charge in [-0.1, -0.05) is 71.5 Å². The lowest BCUT2D eigenvalue weighted by Crippen LogP contribution is -2.38. The smallest absolute Gasteiger partial charge is 0.264 e. The minimum atomic E-state index is -4.00. The third-order valence-corrected chi connectivity index (χ3v) is 7.88. The maximum absolute atomic E-state index is 13.6. The maximum Gasteiger partial charge on any atom is 0.264 e. The van der Waals surface area contributed by atoms with Gasteiger partial charge in [-0.3, -0.25) is 14.4 Å². The summed E-state index contributed by atoms with van der Waals surface area (Å²) in [6.45, 7) is 5.19. The van der Waals surface area contributed by atoms with E-state index < -0.39 is 22.5 Å². The van der Waals surface area contributed by atoms with E-state index in [9.17, 15) is 13.2 Å². The number of aromatic nitrogens is 2. The van der Waals surface area contributed by atoms with Crippen molar-refractivity contribution in [3.8, 4) is 10.6 Å². The van der Waals surface area contributed by atoms with Gasteiger partial charge in [-0.05, 0) is 50.1 Å². The second kappa shape index (κ2) is 9.74. The zero-order valence-electron chi connectivity index (χ0n) is 19.0. The lowest BCUT2D eigenvalue weighted by molar-refractivity contribution is -0.114. The summed E-state index contributed by atoms with van der Waals surface area (Å²) in [4.78, 5) is 13.1. The van der Waals surface area contributed by atoms with Crippen molar-refractivity contribution in [3.63, 3.8) is 0 Å². The number of aryl methyl sites for hydroxylation is 3. The molecule has 0 atom stereocenters.